The molecule has 1 amide bonds. The van der Waals surface area contributed by atoms with E-state index in [0.717, 1.165) is 3.57 Å². The van der Waals surface area contributed by atoms with Crippen LogP contribution in [0, 0.1) is 9.39 Å². The van der Waals surface area contributed by atoms with Crippen molar-refractivity contribution in [2.45, 2.75) is 6.54 Å². The smallest absolute Gasteiger partial charge is 0.254 e. The molecule has 0 saturated carbocycles. The van der Waals surface area contributed by atoms with Gasteiger partial charge < -0.3 is 4.90 Å². The molecule has 0 bridgehead atoms. The van der Waals surface area contributed by atoms with Crippen molar-refractivity contribution in [3.05, 3.63) is 68.0 Å². The van der Waals surface area contributed by atoms with Gasteiger partial charge in [0, 0.05) is 27.7 Å². The molecule has 0 spiro atoms. The Morgan fingerprint density at radius 1 is 1.25 bits per heavy atom. The van der Waals surface area contributed by atoms with Crippen LogP contribution >= 0.6 is 34.2 Å². The molecule has 104 valence electrons. The maximum absolute atomic E-state index is 13.7. The van der Waals surface area contributed by atoms with Gasteiger partial charge in [0.1, 0.15) is 5.82 Å². The van der Waals surface area contributed by atoms with E-state index in [1.807, 2.05) is 12.1 Å². The van der Waals surface area contributed by atoms with E-state index in [2.05, 4.69) is 22.6 Å². The first-order chi connectivity index (χ1) is 9.50. The zero-order chi connectivity index (χ0) is 14.7. The van der Waals surface area contributed by atoms with Crippen LogP contribution < -0.4 is 0 Å². The van der Waals surface area contributed by atoms with Crippen LogP contribution in [-0.4, -0.2) is 17.9 Å². The monoisotopic (exact) mass is 403 g/mol. The van der Waals surface area contributed by atoms with E-state index in [9.17, 15) is 9.18 Å². The predicted molar refractivity (Wildman–Crippen MR) is 86.4 cm³/mol. The Bertz CT molecular complexity index is 627. The Hall–Kier alpha value is -1.14. The van der Waals surface area contributed by atoms with Gasteiger partial charge in [0.15, 0.2) is 0 Å². The number of carbonyl (C=O) groups excluding carboxylic acids is 1. The quantitative estimate of drug-likeness (QED) is 0.698. The molecule has 0 atom stereocenters. The molecular weight excluding hydrogens is 392 g/mol. The van der Waals surface area contributed by atoms with Crippen LogP contribution in [0.4, 0.5) is 4.39 Å². The summed E-state index contributed by atoms with van der Waals surface area (Å²) in [6.45, 7) is 0.134. The Morgan fingerprint density at radius 3 is 2.60 bits per heavy atom. The lowest BCUT2D eigenvalue weighted by Crippen LogP contribution is -2.27. The molecule has 0 unspecified atom stereocenters. The van der Waals surface area contributed by atoms with E-state index in [4.69, 9.17) is 11.6 Å². The molecule has 0 aliphatic rings. The van der Waals surface area contributed by atoms with Crippen LogP contribution in [0.5, 0.6) is 0 Å². The summed E-state index contributed by atoms with van der Waals surface area (Å²) in [5, 5.41) is 0.326. The summed E-state index contributed by atoms with van der Waals surface area (Å²) in [6, 6.07) is 11.8. The first-order valence-corrected chi connectivity index (χ1v) is 7.39. The van der Waals surface area contributed by atoms with Crippen molar-refractivity contribution in [3.8, 4) is 0 Å². The molecular formula is C15H12ClFINO. The van der Waals surface area contributed by atoms with Gasteiger partial charge in [0.25, 0.3) is 5.91 Å². The minimum Gasteiger partial charge on any atom is -0.337 e. The molecule has 0 fully saturated rings. The normalized spacial score (nSPS) is 10.4. The van der Waals surface area contributed by atoms with Crippen molar-refractivity contribution in [2.24, 2.45) is 0 Å². The number of nitrogens with zero attached hydrogens (tertiary/aromatic N) is 1. The summed E-state index contributed by atoms with van der Waals surface area (Å²) in [5.41, 5.74) is 0.930. The van der Waals surface area contributed by atoms with Crippen molar-refractivity contribution in [1.82, 2.24) is 4.90 Å². The van der Waals surface area contributed by atoms with Crippen LogP contribution in [0.15, 0.2) is 42.5 Å². The molecule has 0 heterocycles. The first-order valence-electron chi connectivity index (χ1n) is 5.93. The molecule has 0 aliphatic heterocycles. The van der Waals surface area contributed by atoms with Gasteiger partial charge in [-0.1, -0.05) is 29.8 Å². The molecule has 2 aromatic rings. The first kappa shape index (κ1) is 15.3. The molecule has 0 saturated heterocycles. The zero-order valence-electron chi connectivity index (χ0n) is 10.7. The van der Waals surface area contributed by atoms with Gasteiger partial charge in [-0.15, -0.1) is 0 Å². The van der Waals surface area contributed by atoms with Crippen LogP contribution in [0.25, 0.3) is 0 Å². The molecule has 0 radical (unpaired) electrons. The maximum Gasteiger partial charge on any atom is 0.254 e. The Labute approximate surface area is 135 Å². The topological polar surface area (TPSA) is 20.3 Å². The van der Waals surface area contributed by atoms with Crippen molar-refractivity contribution in [2.75, 3.05) is 7.05 Å². The highest BCUT2D eigenvalue weighted by Gasteiger charge is 2.17. The second-order valence-corrected chi connectivity index (χ2v) is 5.91. The standard InChI is InChI=1S/C15H12ClFINO/c1-19(9-11-12(16)6-4-7-13(11)17)15(20)10-5-2-3-8-14(10)18/h2-8H,9H2,1H3. The lowest BCUT2D eigenvalue weighted by Gasteiger charge is -2.19. The van der Waals surface area contributed by atoms with E-state index < -0.39 is 5.82 Å². The van der Waals surface area contributed by atoms with Crippen LogP contribution in [0.2, 0.25) is 5.02 Å². The second kappa shape index (κ2) is 6.54. The molecule has 2 rings (SSSR count). The molecule has 20 heavy (non-hydrogen) atoms. The Balaban J connectivity index is 2.23. The third-order valence-electron chi connectivity index (χ3n) is 2.91. The van der Waals surface area contributed by atoms with Gasteiger partial charge >= 0.3 is 0 Å². The molecule has 0 aliphatic carbocycles. The average Bonchev–Trinajstić information content (AvgIpc) is 2.42. The van der Waals surface area contributed by atoms with Crippen LogP contribution in [-0.2, 0) is 6.54 Å². The zero-order valence-corrected chi connectivity index (χ0v) is 13.7. The highest BCUT2D eigenvalue weighted by molar-refractivity contribution is 14.1. The molecule has 5 heteroatoms. The molecule has 2 aromatic carbocycles. The fourth-order valence-electron chi connectivity index (χ4n) is 1.83. The third-order valence-corrected chi connectivity index (χ3v) is 4.20. The SMILES string of the molecule is CN(Cc1c(F)cccc1Cl)C(=O)c1ccccc1I. The summed E-state index contributed by atoms with van der Waals surface area (Å²) in [5.74, 6) is -0.561. The minimum atomic E-state index is -0.403. The van der Waals surface area contributed by atoms with Crippen LogP contribution in [0.1, 0.15) is 15.9 Å². The maximum atomic E-state index is 13.7. The minimum absolute atomic E-state index is 0.134. The Morgan fingerprint density at radius 2 is 1.95 bits per heavy atom. The lowest BCUT2D eigenvalue weighted by molar-refractivity contribution is 0.0783. The van der Waals surface area contributed by atoms with E-state index in [1.165, 1.54) is 11.0 Å². The summed E-state index contributed by atoms with van der Waals surface area (Å²) in [6.07, 6.45) is 0. The van der Waals surface area contributed by atoms with Gasteiger partial charge in [0.2, 0.25) is 0 Å². The number of halogens is 3. The van der Waals surface area contributed by atoms with Crippen molar-refractivity contribution < 1.29 is 9.18 Å². The fourth-order valence-corrected chi connectivity index (χ4v) is 2.67. The third kappa shape index (κ3) is 3.30. The largest absolute Gasteiger partial charge is 0.337 e. The summed E-state index contributed by atoms with van der Waals surface area (Å²) < 4.78 is 14.6. The van der Waals surface area contributed by atoms with E-state index >= 15 is 0 Å². The number of benzene rings is 2. The van der Waals surface area contributed by atoms with Gasteiger partial charge in [0.05, 0.1) is 5.56 Å². The van der Waals surface area contributed by atoms with Gasteiger partial charge in [-0.05, 0) is 46.9 Å². The van der Waals surface area contributed by atoms with E-state index in [1.54, 1.807) is 31.3 Å². The Kier molecular flexibility index (Phi) is 4.99. The van der Waals surface area contributed by atoms with Gasteiger partial charge in [-0.2, -0.15) is 0 Å². The second-order valence-electron chi connectivity index (χ2n) is 4.34. The van der Waals surface area contributed by atoms with Crippen LogP contribution in [0.3, 0.4) is 0 Å². The number of hydrogen-bond donors (Lipinski definition) is 0. The van der Waals surface area contributed by atoms with E-state index in [0.29, 0.717) is 16.1 Å². The average molecular weight is 404 g/mol. The molecule has 2 nitrogen and oxygen atoms in total. The number of rotatable bonds is 3. The highest BCUT2D eigenvalue weighted by atomic mass is 127. The van der Waals surface area contributed by atoms with Crippen molar-refractivity contribution in [3.63, 3.8) is 0 Å². The van der Waals surface area contributed by atoms with Gasteiger partial charge in [-0.3, -0.25) is 4.79 Å². The number of hydrogen-bond acceptors (Lipinski definition) is 1. The van der Waals surface area contributed by atoms with Crippen molar-refractivity contribution in [1.29, 1.82) is 0 Å². The summed E-state index contributed by atoms with van der Waals surface area (Å²) >= 11 is 8.08. The highest BCUT2D eigenvalue weighted by Crippen LogP contribution is 2.21. The predicted octanol–water partition coefficient (Wildman–Crippen LogP) is 4.36. The summed E-state index contributed by atoms with van der Waals surface area (Å²) in [7, 11) is 1.63. The molecule has 0 N–H and O–H groups in total. The number of carbonyl (C=O) groups is 1. The number of amides is 1. The fraction of sp³-hybridized carbons (Fsp3) is 0.133. The van der Waals surface area contributed by atoms with Crippen molar-refractivity contribution >= 4 is 40.1 Å². The lowest BCUT2D eigenvalue weighted by atomic mass is 10.1. The summed E-state index contributed by atoms with van der Waals surface area (Å²) in [4.78, 5) is 13.8. The van der Waals surface area contributed by atoms with E-state index in [-0.39, 0.29) is 12.5 Å². The van der Waals surface area contributed by atoms with Gasteiger partial charge in [-0.25, -0.2) is 4.39 Å². The molecule has 0 aromatic heterocycles.